The molecule has 0 aromatic heterocycles. The number of fused-ring (bicyclic) bond motifs is 3. The molecule has 160 valence electrons. The summed E-state index contributed by atoms with van der Waals surface area (Å²) in [5, 5.41) is 12.8. The number of carbonyl (C=O) groups is 1. The number of halogens is 1. The minimum absolute atomic E-state index is 0.0910. The van der Waals surface area contributed by atoms with E-state index in [0.29, 0.717) is 17.7 Å². The standard InChI is InChI=1S/C23H33FN2O3/c1-21(2,28)16-26-20(27)23-10-7-22(8-11-23,9-12-23)18-3-5-19(6-4-18)29-15-17(13-24)14-25/h3-6,13,28H,7-12,14-16,25H2,1-2H3,(H,26,27). The Labute approximate surface area is 172 Å². The molecular weight excluding hydrogens is 371 g/mol. The summed E-state index contributed by atoms with van der Waals surface area (Å²) in [5.74, 6) is 0.790. The molecule has 4 rings (SSSR count). The van der Waals surface area contributed by atoms with Gasteiger partial charge in [-0.2, -0.15) is 0 Å². The second-order valence-electron chi connectivity index (χ2n) is 9.34. The van der Waals surface area contributed by atoms with Crippen LogP contribution in [0.1, 0.15) is 57.9 Å². The lowest BCUT2D eigenvalue weighted by atomic mass is 9.51. The molecule has 3 saturated carbocycles. The molecule has 2 bridgehead atoms. The average molecular weight is 405 g/mol. The average Bonchev–Trinajstić information content (AvgIpc) is 2.74. The molecule has 3 fully saturated rings. The third-order valence-electron chi connectivity index (χ3n) is 6.72. The first-order valence-corrected chi connectivity index (χ1v) is 10.4. The molecule has 3 aliphatic rings. The van der Waals surface area contributed by atoms with E-state index >= 15 is 0 Å². The summed E-state index contributed by atoms with van der Waals surface area (Å²) in [7, 11) is 0. The predicted octanol–water partition coefficient (Wildman–Crippen LogP) is 3.36. The van der Waals surface area contributed by atoms with Gasteiger partial charge < -0.3 is 20.9 Å². The van der Waals surface area contributed by atoms with Gasteiger partial charge in [0, 0.05) is 24.1 Å². The van der Waals surface area contributed by atoms with E-state index < -0.39 is 5.60 Å². The molecular formula is C23H33FN2O3. The second kappa shape index (κ2) is 8.44. The van der Waals surface area contributed by atoms with Gasteiger partial charge in [0.1, 0.15) is 12.4 Å². The van der Waals surface area contributed by atoms with E-state index in [2.05, 4.69) is 17.4 Å². The molecule has 5 nitrogen and oxygen atoms in total. The fourth-order valence-corrected chi connectivity index (χ4v) is 4.66. The first kappa shape index (κ1) is 21.8. The number of ether oxygens (including phenoxy) is 1. The van der Waals surface area contributed by atoms with E-state index in [0.717, 1.165) is 38.5 Å². The molecule has 3 aliphatic carbocycles. The summed E-state index contributed by atoms with van der Waals surface area (Å²) in [6.07, 6.45) is 6.11. The Balaban J connectivity index is 1.61. The zero-order chi connectivity index (χ0) is 21.1. The van der Waals surface area contributed by atoms with E-state index in [1.54, 1.807) is 13.8 Å². The largest absolute Gasteiger partial charge is 0.489 e. The van der Waals surface area contributed by atoms with Gasteiger partial charge in [0.15, 0.2) is 0 Å². The van der Waals surface area contributed by atoms with Crippen LogP contribution in [0.5, 0.6) is 5.75 Å². The molecule has 1 aromatic carbocycles. The van der Waals surface area contributed by atoms with Crippen molar-refractivity contribution in [2.45, 2.75) is 63.4 Å². The maximum atomic E-state index is 12.8. The highest BCUT2D eigenvalue weighted by Gasteiger charge is 2.52. The van der Waals surface area contributed by atoms with Crippen LogP contribution in [0.3, 0.4) is 0 Å². The minimum Gasteiger partial charge on any atom is -0.489 e. The highest BCUT2D eigenvalue weighted by atomic mass is 19.1. The molecule has 0 atom stereocenters. The van der Waals surface area contributed by atoms with Gasteiger partial charge in [-0.15, -0.1) is 0 Å². The maximum Gasteiger partial charge on any atom is 0.226 e. The van der Waals surface area contributed by atoms with Gasteiger partial charge in [0.2, 0.25) is 5.91 Å². The van der Waals surface area contributed by atoms with Crippen LogP contribution in [0.4, 0.5) is 4.39 Å². The molecule has 0 unspecified atom stereocenters. The van der Waals surface area contributed by atoms with Gasteiger partial charge in [-0.25, -0.2) is 4.39 Å². The van der Waals surface area contributed by atoms with Crippen LogP contribution in [-0.4, -0.2) is 36.3 Å². The number of amides is 1. The first-order valence-electron chi connectivity index (χ1n) is 10.4. The van der Waals surface area contributed by atoms with E-state index in [9.17, 15) is 14.3 Å². The van der Waals surface area contributed by atoms with Crippen LogP contribution in [0.25, 0.3) is 0 Å². The Morgan fingerprint density at radius 2 is 1.79 bits per heavy atom. The molecule has 6 heteroatoms. The van der Waals surface area contributed by atoms with Crippen LogP contribution >= 0.6 is 0 Å². The number of nitrogens with two attached hydrogens (primary N) is 1. The number of hydrogen-bond acceptors (Lipinski definition) is 4. The number of benzene rings is 1. The summed E-state index contributed by atoms with van der Waals surface area (Å²) in [6, 6.07) is 8.07. The first-order chi connectivity index (χ1) is 13.7. The lowest BCUT2D eigenvalue weighted by Crippen LogP contribution is -2.53. The van der Waals surface area contributed by atoms with Crippen LogP contribution < -0.4 is 15.8 Å². The summed E-state index contributed by atoms with van der Waals surface area (Å²) < 4.78 is 18.2. The number of rotatable bonds is 8. The normalized spacial score (nSPS) is 27.0. The summed E-state index contributed by atoms with van der Waals surface area (Å²) >= 11 is 0. The zero-order valence-electron chi connectivity index (χ0n) is 17.5. The Kier molecular flexibility index (Phi) is 6.34. The van der Waals surface area contributed by atoms with E-state index in [1.807, 2.05) is 12.1 Å². The van der Waals surface area contributed by atoms with Crippen LogP contribution in [-0.2, 0) is 10.2 Å². The van der Waals surface area contributed by atoms with Crippen LogP contribution in [0.2, 0.25) is 0 Å². The van der Waals surface area contributed by atoms with Crippen molar-refractivity contribution in [1.82, 2.24) is 5.32 Å². The smallest absolute Gasteiger partial charge is 0.226 e. The van der Waals surface area contributed by atoms with Crippen molar-refractivity contribution in [3.05, 3.63) is 41.7 Å². The Bertz CT molecular complexity index is 728. The number of nitrogens with one attached hydrogen (secondary N) is 1. The van der Waals surface area contributed by atoms with E-state index in [1.165, 1.54) is 5.56 Å². The van der Waals surface area contributed by atoms with Gasteiger partial charge in [-0.05, 0) is 75.5 Å². The van der Waals surface area contributed by atoms with Crippen molar-refractivity contribution in [3.8, 4) is 5.75 Å². The third-order valence-corrected chi connectivity index (χ3v) is 6.72. The molecule has 29 heavy (non-hydrogen) atoms. The Morgan fingerprint density at radius 1 is 1.21 bits per heavy atom. The predicted molar refractivity (Wildman–Crippen MR) is 111 cm³/mol. The van der Waals surface area contributed by atoms with Crippen molar-refractivity contribution >= 4 is 5.91 Å². The topological polar surface area (TPSA) is 84.6 Å². The molecule has 1 amide bonds. The number of aliphatic hydroxyl groups is 1. The molecule has 0 saturated heterocycles. The summed E-state index contributed by atoms with van der Waals surface area (Å²) in [5.41, 5.74) is 6.11. The highest BCUT2D eigenvalue weighted by Crippen LogP contribution is 2.57. The van der Waals surface area contributed by atoms with E-state index in [-0.39, 0.29) is 36.4 Å². The fourth-order valence-electron chi connectivity index (χ4n) is 4.66. The van der Waals surface area contributed by atoms with Crippen LogP contribution in [0.15, 0.2) is 36.2 Å². The molecule has 0 heterocycles. The Hall–Kier alpha value is -1.92. The van der Waals surface area contributed by atoms with Crippen LogP contribution in [0, 0.1) is 5.41 Å². The fraction of sp³-hybridized carbons (Fsp3) is 0.609. The molecule has 0 spiro atoms. The molecule has 0 radical (unpaired) electrons. The summed E-state index contributed by atoms with van der Waals surface area (Å²) in [4.78, 5) is 12.8. The lowest BCUT2D eigenvalue weighted by Gasteiger charge is -2.53. The molecule has 0 aliphatic heterocycles. The molecule has 4 N–H and O–H groups in total. The van der Waals surface area contributed by atoms with Gasteiger partial charge in [-0.3, -0.25) is 4.79 Å². The SMILES string of the molecule is CC(C)(O)CNC(=O)C12CCC(c3ccc(OCC(=CF)CN)cc3)(CC1)CC2. The van der Waals surface area contributed by atoms with Crippen molar-refractivity contribution in [2.24, 2.45) is 11.1 Å². The lowest BCUT2D eigenvalue weighted by molar-refractivity contribution is -0.138. The molecule has 1 aromatic rings. The number of hydrogen-bond donors (Lipinski definition) is 3. The number of carbonyl (C=O) groups excluding carboxylic acids is 1. The maximum absolute atomic E-state index is 12.8. The van der Waals surface area contributed by atoms with Gasteiger partial charge in [-0.1, -0.05) is 12.1 Å². The van der Waals surface area contributed by atoms with E-state index in [4.69, 9.17) is 10.5 Å². The Morgan fingerprint density at radius 3 is 2.28 bits per heavy atom. The van der Waals surface area contributed by atoms with Gasteiger partial charge in [0.05, 0.1) is 11.9 Å². The minimum atomic E-state index is -0.895. The third kappa shape index (κ3) is 4.81. The van der Waals surface area contributed by atoms with Crippen molar-refractivity contribution in [2.75, 3.05) is 19.7 Å². The van der Waals surface area contributed by atoms with Crippen molar-refractivity contribution < 1.29 is 19.0 Å². The van der Waals surface area contributed by atoms with Gasteiger partial charge in [0.25, 0.3) is 0 Å². The van der Waals surface area contributed by atoms with Crippen molar-refractivity contribution in [1.29, 1.82) is 0 Å². The van der Waals surface area contributed by atoms with Crippen molar-refractivity contribution in [3.63, 3.8) is 0 Å². The van der Waals surface area contributed by atoms with Gasteiger partial charge >= 0.3 is 0 Å². The monoisotopic (exact) mass is 404 g/mol. The highest BCUT2D eigenvalue weighted by molar-refractivity contribution is 5.83. The zero-order valence-corrected chi connectivity index (χ0v) is 17.5. The quantitative estimate of drug-likeness (QED) is 0.620. The summed E-state index contributed by atoms with van der Waals surface area (Å²) in [6.45, 7) is 3.98. The second-order valence-corrected chi connectivity index (χ2v) is 9.34.